The van der Waals surface area contributed by atoms with Gasteiger partial charge in [0.1, 0.15) is 5.82 Å². The lowest BCUT2D eigenvalue weighted by Crippen LogP contribution is -2.43. The molecule has 0 spiro atoms. The molecule has 2 aromatic rings. The lowest BCUT2D eigenvalue weighted by Gasteiger charge is -2.31. The highest BCUT2D eigenvalue weighted by Crippen LogP contribution is 2.32. The van der Waals surface area contributed by atoms with E-state index in [-0.39, 0.29) is 6.61 Å². The molecule has 0 saturated carbocycles. The van der Waals surface area contributed by atoms with E-state index < -0.39 is 0 Å². The van der Waals surface area contributed by atoms with E-state index in [0.29, 0.717) is 6.54 Å². The fourth-order valence-electron chi connectivity index (χ4n) is 3.04. The fourth-order valence-corrected chi connectivity index (χ4v) is 3.04. The molecule has 1 aromatic carbocycles. The van der Waals surface area contributed by atoms with E-state index in [0.717, 1.165) is 37.4 Å². The number of aromatic nitrogens is 1. The van der Waals surface area contributed by atoms with Gasteiger partial charge in [0.05, 0.1) is 18.5 Å². The predicted octanol–water partition coefficient (Wildman–Crippen LogP) is 1.38. The molecule has 0 radical (unpaired) electrons. The highest BCUT2D eigenvalue weighted by Gasteiger charge is 2.17. The van der Waals surface area contributed by atoms with Crippen molar-refractivity contribution in [1.29, 1.82) is 0 Å². The smallest absolute Gasteiger partial charge is 0.136 e. The Balaban J connectivity index is 2.10. The van der Waals surface area contributed by atoms with Crippen molar-refractivity contribution < 1.29 is 5.11 Å². The van der Waals surface area contributed by atoms with Crippen molar-refractivity contribution >= 4 is 22.3 Å². The zero-order valence-electron chi connectivity index (χ0n) is 13.3. The number of nitrogens with zero attached hydrogens (tertiary/aromatic N) is 3. The van der Waals surface area contributed by atoms with Crippen LogP contribution in [-0.4, -0.2) is 56.5 Å². The van der Waals surface area contributed by atoms with Gasteiger partial charge in [0.15, 0.2) is 0 Å². The number of fused-ring (bicyclic) bond motifs is 1. The van der Waals surface area contributed by atoms with Gasteiger partial charge in [0.25, 0.3) is 0 Å². The van der Waals surface area contributed by atoms with Crippen LogP contribution < -0.4 is 15.1 Å². The first-order chi connectivity index (χ1) is 10.7. The van der Waals surface area contributed by atoms with Gasteiger partial charge in [-0.1, -0.05) is 17.7 Å². The molecule has 0 atom stereocenters. The first kappa shape index (κ1) is 15.1. The van der Waals surface area contributed by atoms with Gasteiger partial charge in [-0.05, 0) is 13.0 Å². The number of aryl methyl sites for hydroxylation is 1. The Morgan fingerprint density at radius 2 is 2.05 bits per heavy atom. The van der Waals surface area contributed by atoms with Crippen molar-refractivity contribution in [3.8, 4) is 0 Å². The normalized spacial score (nSPS) is 15.3. The van der Waals surface area contributed by atoms with E-state index in [9.17, 15) is 5.11 Å². The molecule has 0 unspecified atom stereocenters. The standard InChI is InChI=1S/C17H24N4O/c1-13-3-4-14-15(11-13)16(21-7-5-18-6-8-21)12-19-17(14)20(2)9-10-22/h3-4,11-12,18,22H,5-10H2,1-2H3. The monoisotopic (exact) mass is 300 g/mol. The van der Waals surface area contributed by atoms with Gasteiger partial charge in [-0.15, -0.1) is 0 Å². The van der Waals surface area contributed by atoms with Crippen LogP contribution in [-0.2, 0) is 0 Å². The highest BCUT2D eigenvalue weighted by atomic mass is 16.3. The summed E-state index contributed by atoms with van der Waals surface area (Å²) in [5.74, 6) is 0.933. The van der Waals surface area contributed by atoms with Crippen molar-refractivity contribution in [2.24, 2.45) is 0 Å². The number of rotatable bonds is 4. The number of likely N-dealkylation sites (N-methyl/N-ethyl adjacent to an activating group) is 1. The predicted molar refractivity (Wildman–Crippen MR) is 91.9 cm³/mol. The van der Waals surface area contributed by atoms with Crippen molar-refractivity contribution in [2.75, 3.05) is 56.2 Å². The summed E-state index contributed by atoms with van der Waals surface area (Å²) < 4.78 is 0. The summed E-state index contributed by atoms with van der Waals surface area (Å²) in [6.07, 6.45) is 1.98. The van der Waals surface area contributed by atoms with Crippen molar-refractivity contribution in [1.82, 2.24) is 10.3 Å². The van der Waals surface area contributed by atoms with Crippen molar-refractivity contribution in [3.05, 3.63) is 30.0 Å². The van der Waals surface area contributed by atoms with Crippen LogP contribution in [0.15, 0.2) is 24.4 Å². The largest absolute Gasteiger partial charge is 0.395 e. The third kappa shape index (κ3) is 2.87. The number of benzene rings is 1. The van der Waals surface area contributed by atoms with Crippen LogP contribution in [0.2, 0.25) is 0 Å². The Kier molecular flexibility index (Phi) is 4.45. The van der Waals surface area contributed by atoms with Crippen LogP contribution in [0.25, 0.3) is 10.8 Å². The summed E-state index contributed by atoms with van der Waals surface area (Å²) in [6, 6.07) is 6.51. The topological polar surface area (TPSA) is 51.6 Å². The minimum Gasteiger partial charge on any atom is -0.395 e. The van der Waals surface area contributed by atoms with Crippen molar-refractivity contribution in [3.63, 3.8) is 0 Å². The van der Waals surface area contributed by atoms with Gasteiger partial charge >= 0.3 is 0 Å². The van der Waals surface area contributed by atoms with Gasteiger partial charge < -0.3 is 20.2 Å². The second kappa shape index (κ2) is 6.50. The molecule has 22 heavy (non-hydrogen) atoms. The number of anilines is 2. The third-order valence-corrected chi connectivity index (χ3v) is 4.26. The Morgan fingerprint density at radius 3 is 2.77 bits per heavy atom. The number of aliphatic hydroxyl groups excluding tert-OH is 1. The molecule has 0 bridgehead atoms. The van der Waals surface area contributed by atoms with E-state index >= 15 is 0 Å². The second-order valence-electron chi connectivity index (χ2n) is 5.90. The van der Waals surface area contributed by atoms with E-state index in [1.807, 2.05) is 18.1 Å². The number of piperazine rings is 1. The number of pyridine rings is 1. The molecule has 1 aliphatic heterocycles. The summed E-state index contributed by atoms with van der Waals surface area (Å²) in [4.78, 5) is 9.10. The summed E-state index contributed by atoms with van der Waals surface area (Å²) in [5, 5.41) is 15.0. The molecule has 2 N–H and O–H groups in total. The molecule has 1 saturated heterocycles. The molecule has 0 amide bonds. The maximum Gasteiger partial charge on any atom is 0.136 e. The second-order valence-corrected chi connectivity index (χ2v) is 5.90. The average molecular weight is 300 g/mol. The Labute approximate surface area is 131 Å². The van der Waals surface area contributed by atoms with E-state index in [2.05, 4.69) is 40.3 Å². The van der Waals surface area contributed by atoms with E-state index in [1.54, 1.807) is 0 Å². The molecule has 5 nitrogen and oxygen atoms in total. The molecule has 5 heteroatoms. The Bertz CT molecular complexity index is 652. The first-order valence-electron chi connectivity index (χ1n) is 7.87. The number of nitrogens with one attached hydrogen (secondary N) is 1. The molecular formula is C17H24N4O. The highest BCUT2D eigenvalue weighted by molar-refractivity contribution is 6.00. The van der Waals surface area contributed by atoms with Gasteiger partial charge in [0, 0.05) is 50.5 Å². The van der Waals surface area contributed by atoms with Gasteiger partial charge in [0.2, 0.25) is 0 Å². The van der Waals surface area contributed by atoms with Gasteiger partial charge in [-0.3, -0.25) is 0 Å². The van der Waals surface area contributed by atoms with Crippen LogP contribution in [0, 0.1) is 6.92 Å². The van der Waals surface area contributed by atoms with Crippen LogP contribution in [0.4, 0.5) is 11.5 Å². The number of aliphatic hydroxyl groups is 1. The molecule has 1 fully saturated rings. The SMILES string of the molecule is Cc1ccc2c(N(C)CCO)ncc(N3CCNCC3)c2c1. The molecular weight excluding hydrogens is 276 g/mol. The maximum atomic E-state index is 9.19. The van der Waals surface area contributed by atoms with Crippen LogP contribution in [0.3, 0.4) is 0 Å². The lowest BCUT2D eigenvalue weighted by molar-refractivity contribution is 0.304. The summed E-state index contributed by atoms with van der Waals surface area (Å²) in [6.45, 7) is 6.89. The minimum atomic E-state index is 0.130. The van der Waals surface area contributed by atoms with Gasteiger partial charge in [-0.25, -0.2) is 4.98 Å². The van der Waals surface area contributed by atoms with Crippen LogP contribution in [0.5, 0.6) is 0 Å². The van der Waals surface area contributed by atoms with E-state index in [4.69, 9.17) is 0 Å². The molecule has 1 aliphatic rings. The molecule has 3 rings (SSSR count). The lowest BCUT2D eigenvalue weighted by atomic mass is 10.1. The summed E-state index contributed by atoms with van der Waals surface area (Å²) >= 11 is 0. The Hall–Kier alpha value is -1.85. The van der Waals surface area contributed by atoms with Crippen LogP contribution in [0.1, 0.15) is 5.56 Å². The van der Waals surface area contributed by atoms with Gasteiger partial charge in [-0.2, -0.15) is 0 Å². The maximum absolute atomic E-state index is 9.19. The van der Waals surface area contributed by atoms with Crippen LogP contribution >= 0.6 is 0 Å². The third-order valence-electron chi connectivity index (χ3n) is 4.26. The fraction of sp³-hybridized carbons (Fsp3) is 0.471. The quantitative estimate of drug-likeness (QED) is 0.893. The average Bonchev–Trinajstić information content (AvgIpc) is 2.54. The Morgan fingerprint density at radius 1 is 1.27 bits per heavy atom. The minimum absolute atomic E-state index is 0.130. The number of hydrogen-bond donors (Lipinski definition) is 2. The summed E-state index contributed by atoms with van der Waals surface area (Å²) in [5.41, 5.74) is 2.46. The molecule has 118 valence electrons. The van der Waals surface area contributed by atoms with E-state index in [1.165, 1.54) is 16.6 Å². The summed E-state index contributed by atoms with van der Waals surface area (Å²) in [7, 11) is 1.97. The molecule has 2 heterocycles. The first-order valence-corrected chi connectivity index (χ1v) is 7.87. The zero-order chi connectivity index (χ0) is 15.5. The van der Waals surface area contributed by atoms with Crippen molar-refractivity contribution in [2.45, 2.75) is 6.92 Å². The zero-order valence-corrected chi connectivity index (χ0v) is 13.3. The molecule has 0 aliphatic carbocycles. The molecule has 1 aromatic heterocycles. The number of hydrogen-bond acceptors (Lipinski definition) is 5.